The summed E-state index contributed by atoms with van der Waals surface area (Å²) in [5.41, 5.74) is 6.67. The van der Waals surface area contributed by atoms with Crippen LogP contribution in [0.1, 0.15) is 38.5 Å². The fourth-order valence-corrected chi connectivity index (χ4v) is 3.61. The molecule has 1 unspecified atom stereocenters. The molecule has 1 aliphatic rings. The van der Waals surface area contributed by atoms with E-state index in [-0.39, 0.29) is 12.4 Å². The number of anilines is 1. The van der Waals surface area contributed by atoms with Gasteiger partial charge in [-0.3, -0.25) is 4.79 Å². The number of nitrogens with one attached hydrogen (secondary N) is 1. The van der Waals surface area contributed by atoms with Crippen LogP contribution in [0.25, 0.3) is 0 Å². The second kappa shape index (κ2) is 11.1. The van der Waals surface area contributed by atoms with Gasteiger partial charge in [0, 0.05) is 17.8 Å². The van der Waals surface area contributed by atoms with Gasteiger partial charge in [0.25, 0.3) is 5.91 Å². The van der Waals surface area contributed by atoms with Crippen molar-refractivity contribution >= 4 is 24.0 Å². The summed E-state index contributed by atoms with van der Waals surface area (Å²) in [4.78, 5) is 12.4. The third-order valence-electron chi connectivity index (χ3n) is 5.08. The number of hydrogen-bond donors (Lipinski definition) is 3. The topological polar surface area (TPSA) is 84.6 Å². The first kappa shape index (κ1) is 22.2. The lowest BCUT2D eigenvalue weighted by atomic mass is 9.84. The van der Waals surface area contributed by atoms with Gasteiger partial charge in [-0.05, 0) is 36.6 Å². The average molecular weight is 405 g/mol. The van der Waals surface area contributed by atoms with Crippen molar-refractivity contribution in [3.63, 3.8) is 0 Å². The van der Waals surface area contributed by atoms with E-state index in [0.717, 1.165) is 18.6 Å². The van der Waals surface area contributed by atoms with Crippen LogP contribution in [-0.4, -0.2) is 23.2 Å². The van der Waals surface area contributed by atoms with Crippen molar-refractivity contribution in [3.8, 4) is 11.5 Å². The Bertz CT molecular complexity index is 736. The molecule has 0 saturated heterocycles. The van der Waals surface area contributed by atoms with E-state index in [2.05, 4.69) is 5.32 Å². The van der Waals surface area contributed by atoms with Crippen LogP contribution in [0.2, 0.25) is 0 Å². The molecule has 1 amide bonds. The Labute approximate surface area is 172 Å². The molecule has 2 aromatic carbocycles. The highest BCUT2D eigenvalue weighted by Gasteiger charge is 2.26. The van der Waals surface area contributed by atoms with Gasteiger partial charge < -0.3 is 20.9 Å². The number of ether oxygens (including phenoxy) is 1. The highest BCUT2D eigenvalue weighted by Crippen LogP contribution is 2.28. The van der Waals surface area contributed by atoms with Crippen molar-refractivity contribution in [2.45, 2.75) is 50.7 Å². The van der Waals surface area contributed by atoms with Gasteiger partial charge in [0.2, 0.25) is 0 Å². The van der Waals surface area contributed by atoms with Crippen molar-refractivity contribution in [1.29, 1.82) is 0 Å². The van der Waals surface area contributed by atoms with E-state index in [1.165, 1.54) is 19.3 Å². The van der Waals surface area contributed by atoms with Crippen LogP contribution in [0, 0.1) is 5.92 Å². The minimum absolute atomic E-state index is 0. The first-order chi connectivity index (χ1) is 13.1. The monoisotopic (exact) mass is 404 g/mol. The molecule has 1 aliphatic carbocycles. The lowest BCUT2D eigenvalue weighted by molar-refractivity contribution is -0.125. The van der Waals surface area contributed by atoms with Gasteiger partial charge in [0.15, 0.2) is 0 Å². The summed E-state index contributed by atoms with van der Waals surface area (Å²) < 4.78 is 5.77. The Kier molecular flexibility index (Phi) is 8.77. The average Bonchev–Trinajstić information content (AvgIpc) is 2.69. The summed E-state index contributed by atoms with van der Waals surface area (Å²) >= 11 is 0. The molecule has 2 atom stereocenters. The third-order valence-corrected chi connectivity index (χ3v) is 5.08. The Morgan fingerprint density at radius 2 is 1.75 bits per heavy atom. The van der Waals surface area contributed by atoms with Gasteiger partial charge in [0.1, 0.15) is 17.6 Å². The zero-order valence-electron chi connectivity index (χ0n) is 15.9. The summed E-state index contributed by atoms with van der Waals surface area (Å²) in [7, 11) is 0. The quantitative estimate of drug-likeness (QED) is 0.634. The van der Waals surface area contributed by atoms with Crippen molar-refractivity contribution in [2.75, 3.05) is 5.32 Å². The first-order valence-corrected chi connectivity index (χ1v) is 9.69. The van der Waals surface area contributed by atoms with Crippen LogP contribution in [0.3, 0.4) is 0 Å². The van der Waals surface area contributed by atoms with Crippen LogP contribution in [0.5, 0.6) is 11.5 Å². The minimum Gasteiger partial charge on any atom is -0.457 e. The Morgan fingerprint density at radius 1 is 1.07 bits per heavy atom. The Hall–Kier alpha value is -2.08. The standard InChI is InChI=1S/C22H28N2O3.ClH/c23-20(14-16-8-3-1-4-9-16)21(25)22(26)24-17-10-7-13-19(15-17)27-18-11-5-2-6-12-18;/h2,5-7,10-13,15-16,20-21,25H,1,3-4,8-9,14,23H2,(H,24,26);1H/t20-,21?;/m1./s1. The fourth-order valence-electron chi connectivity index (χ4n) is 3.61. The normalized spacial score (nSPS) is 16.5. The number of carbonyl (C=O) groups is 1. The number of benzene rings is 2. The largest absolute Gasteiger partial charge is 0.457 e. The molecule has 1 saturated carbocycles. The third kappa shape index (κ3) is 6.51. The summed E-state index contributed by atoms with van der Waals surface area (Å²) in [5.74, 6) is 1.37. The number of nitrogens with two attached hydrogens (primary N) is 1. The number of amides is 1. The first-order valence-electron chi connectivity index (χ1n) is 9.69. The van der Waals surface area contributed by atoms with E-state index in [1.807, 2.05) is 36.4 Å². The predicted octanol–water partition coefficient (Wildman–Crippen LogP) is 4.50. The van der Waals surface area contributed by atoms with Crippen LogP contribution < -0.4 is 15.8 Å². The molecule has 5 nitrogen and oxygen atoms in total. The second-order valence-electron chi connectivity index (χ2n) is 7.28. The SMILES string of the molecule is Cl.N[C@H](CC1CCCCC1)C(O)C(=O)Nc1cccc(Oc2ccccc2)c1. The number of aliphatic hydroxyl groups is 1. The molecule has 1 fully saturated rings. The minimum atomic E-state index is -1.22. The molecule has 0 radical (unpaired) electrons. The van der Waals surface area contributed by atoms with Crippen LogP contribution in [0.15, 0.2) is 54.6 Å². The molecule has 0 heterocycles. The van der Waals surface area contributed by atoms with Gasteiger partial charge >= 0.3 is 0 Å². The summed E-state index contributed by atoms with van der Waals surface area (Å²) in [6.45, 7) is 0. The number of hydrogen-bond acceptors (Lipinski definition) is 4. The molecule has 28 heavy (non-hydrogen) atoms. The maximum absolute atomic E-state index is 12.4. The van der Waals surface area contributed by atoms with Gasteiger partial charge in [-0.15, -0.1) is 12.4 Å². The van der Waals surface area contributed by atoms with Crippen LogP contribution >= 0.6 is 12.4 Å². The van der Waals surface area contributed by atoms with E-state index >= 15 is 0 Å². The number of para-hydroxylation sites is 1. The van der Waals surface area contributed by atoms with E-state index in [1.54, 1.807) is 18.2 Å². The van der Waals surface area contributed by atoms with Gasteiger partial charge in [-0.2, -0.15) is 0 Å². The molecule has 4 N–H and O–H groups in total. The molecule has 0 aromatic heterocycles. The zero-order valence-corrected chi connectivity index (χ0v) is 16.7. The summed E-state index contributed by atoms with van der Waals surface area (Å²) in [6.07, 6.45) is 5.46. The smallest absolute Gasteiger partial charge is 0.254 e. The number of halogens is 1. The van der Waals surface area contributed by atoms with E-state index < -0.39 is 18.1 Å². The molecule has 2 aromatic rings. The van der Waals surface area contributed by atoms with Gasteiger partial charge in [-0.25, -0.2) is 0 Å². The van der Waals surface area contributed by atoms with Gasteiger partial charge in [0.05, 0.1) is 0 Å². The second-order valence-corrected chi connectivity index (χ2v) is 7.28. The highest BCUT2D eigenvalue weighted by molar-refractivity contribution is 5.94. The Balaban J connectivity index is 0.00000280. The predicted molar refractivity (Wildman–Crippen MR) is 114 cm³/mol. The molecule has 0 aliphatic heterocycles. The number of carbonyl (C=O) groups excluding carboxylic acids is 1. The lowest BCUT2D eigenvalue weighted by Gasteiger charge is -2.26. The Morgan fingerprint density at radius 3 is 2.46 bits per heavy atom. The summed E-state index contributed by atoms with van der Waals surface area (Å²) in [6, 6.07) is 16.0. The number of aliphatic hydroxyl groups excluding tert-OH is 1. The molecule has 3 rings (SSSR count). The van der Waals surface area contributed by atoms with E-state index in [0.29, 0.717) is 23.8 Å². The van der Waals surface area contributed by atoms with Crippen LogP contribution in [-0.2, 0) is 4.79 Å². The van der Waals surface area contributed by atoms with Crippen molar-refractivity contribution in [2.24, 2.45) is 11.7 Å². The zero-order chi connectivity index (χ0) is 19.1. The maximum atomic E-state index is 12.4. The lowest BCUT2D eigenvalue weighted by Crippen LogP contribution is -2.44. The molecular formula is C22H29ClN2O3. The van der Waals surface area contributed by atoms with Crippen molar-refractivity contribution < 1.29 is 14.6 Å². The van der Waals surface area contributed by atoms with Crippen molar-refractivity contribution in [1.82, 2.24) is 0 Å². The molecule has 0 bridgehead atoms. The highest BCUT2D eigenvalue weighted by atomic mass is 35.5. The fraction of sp³-hybridized carbons (Fsp3) is 0.409. The van der Waals surface area contributed by atoms with Crippen LogP contribution in [0.4, 0.5) is 5.69 Å². The maximum Gasteiger partial charge on any atom is 0.254 e. The molecule has 6 heteroatoms. The molecule has 152 valence electrons. The number of rotatable bonds is 7. The van der Waals surface area contributed by atoms with E-state index in [4.69, 9.17) is 10.5 Å². The van der Waals surface area contributed by atoms with Crippen molar-refractivity contribution in [3.05, 3.63) is 54.6 Å². The van der Waals surface area contributed by atoms with E-state index in [9.17, 15) is 9.90 Å². The van der Waals surface area contributed by atoms with Gasteiger partial charge in [-0.1, -0.05) is 56.4 Å². The summed E-state index contributed by atoms with van der Waals surface area (Å²) in [5, 5.41) is 13.1. The molecule has 0 spiro atoms. The molecular weight excluding hydrogens is 376 g/mol.